The molecule has 1 unspecified atom stereocenters. The molecule has 1 atom stereocenters. The van der Waals surface area contributed by atoms with E-state index in [1.807, 2.05) is 13.8 Å². The highest BCUT2D eigenvalue weighted by atomic mass is 16.3. The van der Waals surface area contributed by atoms with Crippen molar-refractivity contribution >= 4 is 11.8 Å². The van der Waals surface area contributed by atoms with Crippen molar-refractivity contribution in [2.24, 2.45) is 5.92 Å². The van der Waals surface area contributed by atoms with E-state index in [-0.39, 0.29) is 30.7 Å². The van der Waals surface area contributed by atoms with Crippen molar-refractivity contribution in [2.45, 2.75) is 33.3 Å². The van der Waals surface area contributed by atoms with Gasteiger partial charge in [-0.05, 0) is 5.92 Å². The summed E-state index contributed by atoms with van der Waals surface area (Å²) in [5, 5.41) is 14.5. The fourth-order valence-corrected chi connectivity index (χ4v) is 0.895. The second-order valence-corrected chi connectivity index (χ2v) is 3.85. The van der Waals surface area contributed by atoms with Crippen LogP contribution in [0.5, 0.6) is 0 Å². The Morgan fingerprint density at radius 3 is 2.33 bits per heavy atom. The maximum Gasteiger partial charge on any atom is 0.221 e. The second-order valence-electron chi connectivity index (χ2n) is 3.85. The van der Waals surface area contributed by atoms with Gasteiger partial charge in [0.05, 0.1) is 6.10 Å². The summed E-state index contributed by atoms with van der Waals surface area (Å²) in [5.74, 6) is -0.186. The largest absolute Gasteiger partial charge is 0.391 e. The molecular weight excluding hydrogens is 196 g/mol. The normalized spacial score (nSPS) is 12.3. The number of amides is 2. The first-order valence-corrected chi connectivity index (χ1v) is 5.12. The SMILES string of the molecule is CC(=O)NCCC(=O)NCC(O)C(C)C. The quantitative estimate of drug-likeness (QED) is 0.567. The molecule has 2 amide bonds. The van der Waals surface area contributed by atoms with Crippen molar-refractivity contribution in [3.05, 3.63) is 0 Å². The van der Waals surface area contributed by atoms with E-state index < -0.39 is 6.10 Å². The van der Waals surface area contributed by atoms with Crippen molar-refractivity contribution in [3.8, 4) is 0 Å². The minimum Gasteiger partial charge on any atom is -0.391 e. The van der Waals surface area contributed by atoms with E-state index in [0.717, 1.165) is 0 Å². The Kier molecular flexibility index (Phi) is 6.70. The Bertz CT molecular complexity index is 217. The zero-order valence-corrected chi connectivity index (χ0v) is 9.54. The molecule has 0 bridgehead atoms. The van der Waals surface area contributed by atoms with Gasteiger partial charge in [-0.2, -0.15) is 0 Å². The van der Waals surface area contributed by atoms with Crippen LogP contribution in [0.4, 0.5) is 0 Å². The number of rotatable bonds is 6. The third-order valence-electron chi connectivity index (χ3n) is 2.00. The highest BCUT2D eigenvalue weighted by molar-refractivity contribution is 5.77. The average Bonchev–Trinajstić information content (AvgIpc) is 2.13. The van der Waals surface area contributed by atoms with E-state index in [2.05, 4.69) is 10.6 Å². The molecule has 5 nitrogen and oxygen atoms in total. The lowest BCUT2D eigenvalue weighted by Gasteiger charge is -2.14. The lowest BCUT2D eigenvalue weighted by Crippen LogP contribution is -2.36. The number of nitrogens with one attached hydrogen (secondary N) is 2. The van der Waals surface area contributed by atoms with E-state index >= 15 is 0 Å². The molecule has 0 heterocycles. The number of carbonyl (C=O) groups is 2. The molecule has 3 N–H and O–H groups in total. The molecule has 0 saturated carbocycles. The summed E-state index contributed by atoms with van der Waals surface area (Å²) in [6, 6.07) is 0. The molecule has 0 aromatic heterocycles. The molecule has 0 saturated heterocycles. The zero-order chi connectivity index (χ0) is 11.8. The molecule has 0 aliphatic rings. The van der Waals surface area contributed by atoms with Crippen LogP contribution < -0.4 is 10.6 Å². The Labute approximate surface area is 90.2 Å². The molecule has 0 aliphatic heterocycles. The van der Waals surface area contributed by atoms with Crippen LogP contribution in [0.25, 0.3) is 0 Å². The Hall–Kier alpha value is -1.10. The average molecular weight is 216 g/mol. The first-order valence-electron chi connectivity index (χ1n) is 5.12. The maximum atomic E-state index is 11.2. The summed E-state index contributed by atoms with van der Waals surface area (Å²) < 4.78 is 0. The summed E-state index contributed by atoms with van der Waals surface area (Å²) in [7, 11) is 0. The molecule has 88 valence electrons. The number of hydrogen-bond donors (Lipinski definition) is 3. The van der Waals surface area contributed by atoms with Gasteiger partial charge in [0.1, 0.15) is 0 Å². The van der Waals surface area contributed by atoms with Crippen LogP contribution in [0.3, 0.4) is 0 Å². The van der Waals surface area contributed by atoms with E-state index in [0.29, 0.717) is 6.54 Å². The predicted octanol–water partition coefficient (Wildman–Crippen LogP) is -0.354. The van der Waals surface area contributed by atoms with Gasteiger partial charge in [-0.25, -0.2) is 0 Å². The molecule has 0 fully saturated rings. The lowest BCUT2D eigenvalue weighted by atomic mass is 10.1. The standard InChI is InChI=1S/C10H20N2O3/c1-7(2)9(14)6-12-10(15)4-5-11-8(3)13/h7,9,14H,4-6H2,1-3H3,(H,11,13)(H,12,15). The molecule has 0 aromatic carbocycles. The van der Waals surface area contributed by atoms with Gasteiger partial charge in [0.15, 0.2) is 0 Å². The molecule has 0 radical (unpaired) electrons. The van der Waals surface area contributed by atoms with Crippen LogP contribution in [-0.2, 0) is 9.59 Å². The zero-order valence-electron chi connectivity index (χ0n) is 9.54. The Balaban J connectivity index is 3.53. The monoisotopic (exact) mass is 216 g/mol. The highest BCUT2D eigenvalue weighted by Gasteiger charge is 2.10. The minimum absolute atomic E-state index is 0.126. The summed E-state index contributed by atoms with van der Waals surface area (Å²) >= 11 is 0. The third-order valence-corrected chi connectivity index (χ3v) is 2.00. The van der Waals surface area contributed by atoms with Gasteiger partial charge in [-0.3, -0.25) is 9.59 Å². The van der Waals surface area contributed by atoms with Gasteiger partial charge >= 0.3 is 0 Å². The van der Waals surface area contributed by atoms with Crippen LogP contribution >= 0.6 is 0 Å². The van der Waals surface area contributed by atoms with E-state index in [1.165, 1.54) is 6.92 Å². The number of aliphatic hydroxyl groups excluding tert-OH is 1. The summed E-state index contributed by atoms with van der Waals surface area (Å²) in [4.78, 5) is 21.7. The van der Waals surface area contributed by atoms with Crippen molar-refractivity contribution in [1.82, 2.24) is 10.6 Å². The molecule has 0 rings (SSSR count). The van der Waals surface area contributed by atoms with Gasteiger partial charge in [0.2, 0.25) is 11.8 Å². The van der Waals surface area contributed by atoms with Gasteiger partial charge in [-0.15, -0.1) is 0 Å². The maximum absolute atomic E-state index is 11.2. The van der Waals surface area contributed by atoms with Crippen LogP contribution in [-0.4, -0.2) is 36.1 Å². The molecule has 0 aliphatic carbocycles. The van der Waals surface area contributed by atoms with Gasteiger partial charge in [0.25, 0.3) is 0 Å². The van der Waals surface area contributed by atoms with Crippen molar-refractivity contribution < 1.29 is 14.7 Å². The van der Waals surface area contributed by atoms with E-state index in [1.54, 1.807) is 0 Å². The summed E-state index contributed by atoms with van der Waals surface area (Å²) in [5.41, 5.74) is 0. The first kappa shape index (κ1) is 13.9. The van der Waals surface area contributed by atoms with Gasteiger partial charge < -0.3 is 15.7 Å². The van der Waals surface area contributed by atoms with Gasteiger partial charge in [0, 0.05) is 26.4 Å². The van der Waals surface area contributed by atoms with E-state index in [4.69, 9.17) is 0 Å². The topological polar surface area (TPSA) is 78.4 Å². The lowest BCUT2D eigenvalue weighted by molar-refractivity contribution is -0.122. The summed E-state index contributed by atoms with van der Waals surface area (Å²) in [6.45, 7) is 5.76. The van der Waals surface area contributed by atoms with Crippen LogP contribution in [0.2, 0.25) is 0 Å². The highest BCUT2D eigenvalue weighted by Crippen LogP contribution is 1.98. The predicted molar refractivity (Wildman–Crippen MR) is 57.2 cm³/mol. The van der Waals surface area contributed by atoms with Crippen LogP contribution in [0.1, 0.15) is 27.2 Å². The van der Waals surface area contributed by atoms with Gasteiger partial charge in [-0.1, -0.05) is 13.8 Å². The van der Waals surface area contributed by atoms with Crippen LogP contribution in [0, 0.1) is 5.92 Å². The number of carbonyl (C=O) groups excluding carboxylic acids is 2. The number of hydrogen-bond acceptors (Lipinski definition) is 3. The second kappa shape index (κ2) is 7.23. The molecule has 5 heteroatoms. The molecular formula is C10H20N2O3. The number of aliphatic hydroxyl groups is 1. The Morgan fingerprint density at radius 1 is 1.27 bits per heavy atom. The fourth-order valence-electron chi connectivity index (χ4n) is 0.895. The first-order chi connectivity index (χ1) is 6.93. The molecule has 0 aromatic rings. The summed E-state index contributed by atoms with van der Waals surface area (Å²) in [6.07, 6.45) is -0.278. The fraction of sp³-hybridized carbons (Fsp3) is 0.800. The van der Waals surface area contributed by atoms with Crippen molar-refractivity contribution in [1.29, 1.82) is 0 Å². The molecule has 15 heavy (non-hydrogen) atoms. The third kappa shape index (κ3) is 7.93. The molecule has 0 spiro atoms. The Morgan fingerprint density at radius 2 is 1.87 bits per heavy atom. The smallest absolute Gasteiger partial charge is 0.221 e. The van der Waals surface area contributed by atoms with E-state index in [9.17, 15) is 14.7 Å². The van der Waals surface area contributed by atoms with Crippen LogP contribution in [0.15, 0.2) is 0 Å². The minimum atomic E-state index is -0.519. The van der Waals surface area contributed by atoms with Crippen molar-refractivity contribution in [3.63, 3.8) is 0 Å². The van der Waals surface area contributed by atoms with Crippen molar-refractivity contribution in [2.75, 3.05) is 13.1 Å².